The molecule has 0 saturated carbocycles. The topological polar surface area (TPSA) is 115 Å². The number of halogens is 1. The number of ether oxygens (including phenoxy) is 2. The average Bonchev–Trinajstić information content (AvgIpc) is 2.72. The van der Waals surface area contributed by atoms with Gasteiger partial charge in [-0.2, -0.15) is 0 Å². The van der Waals surface area contributed by atoms with Gasteiger partial charge < -0.3 is 25.4 Å². The second-order valence-electron chi connectivity index (χ2n) is 8.33. The first-order valence-electron chi connectivity index (χ1n) is 10.7. The molecule has 0 fully saturated rings. The first-order chi connectivity index (χ1) is 15.6. The van der Waals surface area contributed by atoms with E-state index in [1.807, 2.05) is 39.8 Å². The van der Waals surface area contributed by atoms with Gasteiger partial charge in [0.25, 0.3) is 11.6 Å². The van der Waals surface area contributed by atoms with Crippen LogP contribution in [0.5, 0.6) is 11.5 Å². The summed E-state index contributed by atoms with van der Waals surface area (Å²) < 4.78 is 11.3. The van der Waals surface area contributed by atoms with Crippen LogP contribution in [-0.4, -0.2) is 42.7 Å². The molecule has 10 heteroatoms. The van der Waals surface area contributed by atoms with Gasteiger partial charge in [-0.3, -0.25) is 14.9 Å². The number of nitrogens with zero attached hydrogens (tertiary/aromatic N) is 1. The highest BCUT2D eigenvalue weighted by molar-refractivity contribution is 6.33. The Kier molecular flexibility index (Phi) is 9.74. The van der Waals surface area contributed by atoms with E-state index >= 15 is 0 Å². The summed E-state index contributed by atoms with van der Waals surface area (Å²) in [6.07, 6.45) is 0. The molecule has 0 saturated heterocycles. The van der Waals surface area contributed by atoms with Gasteiger partial charge >= 0.3 is 0 Å². The molecular formula is C23H31ClN4O5. The van der Waals surface area contributed by atoms with Crippen LogP contribution in [0.25, 0.3) is 0 Å². The van der Waals surface area contributed by atoms with Crippen LogP contribution in [0.3, 0.4) is 0 Å². The van der Waals surface area contributed by atoms with Gasteiger partial charge in [0.1, 0.15) is 0 Å². The van der Waals surface area contributed by atoms with Crippen LogP contribution in [0.15, 0.2) is 36.4 Å². The minimum absolute atomic E-state index is 0.0453. The summed E-state index contributed by atoms with van der Waals surface area (Å²) in [5, 5.41) is 20.4. The number of rotatable bonds is 12. The highest BCUT2D eigenvalue weighted by atomic mass is 35.5. The van der Waals surface area contributed by atoms with Gasteiger partial charge in [0.2, 0.25) is 0 Å². The van der Waals surface area contributed by atoms with E-state index in [4.69, 9.17) is 21.1 Å². The summed E-state index contributed by atoms with van der Waals surface area (Å²) in [6.45, 7) is 9.82. The smallest absolute Gasteiger partial charge is 0.271 e. The molecule has 0 atom stereocenters. The van der Waals surface area contributed by atoms with Crippen LogP contribution in [0.4, 0.5) is 11.4 Å². The minimum atomic E-state index is -0.481. The van der Waals surface area contributed by atoms with Crippen LogP contribution in [0.2, 0.25) is 5.02 Å². The Hall–Kier alpha value is -3.04. The Bertz CT molecular complexity index is 962. The average molecular weight is 479 g/mol. The highest BCUT2D eigenvalue weighted by Gasteiger charge is 2.15. The Morgan fingerprint density at radius 2 is 1.85 bits per heavy atom. The van der Waals surface area contributed by atoms with Crippen molar-refractivity contribution in [2.45, 2.75) is 39.8 Å². The number of nitro groups is 1. The molecule has 0 aliphatic heterocycles. The van der Waals surface area contributed by atoms with Gasteiger partial charge in [0, 0.05) is 37.3 Å². The first kappa shape index (κ1) is 26.2. The van der Waals surface area contributed by atoms with Crippen LogP contribution in [-0.2, 0) is 11.3 Å². The molecule has 2 aromatic carbocycles. The van der Waals surface area contributed by atoms with Crippen molar-refractivity contribution < 1.29 is 19.2 Å². The Balaban J connectivity index is 1.84. The molecule has 2 rings (SSSR count). The highest BCUT2D eigenvalue weighted by Crippen LogP contribution is 2.29. The zero-order valence-corrected chi connectivity index (χ0v) is 20.1. The quantitative estimate of drug-likeness (QED) is 0.238. The molecule has 0 unspecified atom stereocenters. The lowest BCUT2D eigenvalue weighted by Crippen LogP contribution is -2.43. The fraction of sp³-hybridized carbons (Fsp3) is 0.435. The maximum Gasteiger partial charge on any atom is 0.271 e. The van der Waals surface area contributed by atoms with Crippen molar-refractivity contribution in [1.82, 2.24) is 10.6 Å². The zero-order valence-electron chi connectivity index (χ0n) is 19.4. The number of carbonyl (C=O) groups is 1. The third kappa shape index (κ3) is 9.15. The molecule has 0 radical (unpaired) electrons. The third-order valence-electron chi connectivity index (χ3n) is 4.29. The molecule has 180 valence electrons. The predicted molar refractivity (Wildman–Crippen MR) is 129 cm³/mol. The molecular weight excluding hydrogens is 448 g/mol. The lowest BCUT2D eigenvalue weighted by atomic mass is 10.1. The van der Waals surface area contributed by atoms with E-state index in [0.717, 1.165) is 5.56 Å². The summed E-state index contributed by atoms with van der Waals surface area (Å²) >= 11 is 6.08. The summed E-state index contributed by atoms with van der Waals surface area (Å²) in [7, 11) is 0. The number of carbonyl (C=O) groups excluding carboxylic acids is 1. The Labute approximate surface area is 198 Å². The van der Waals surface area contributed by atoms with Gasteiger partial charge in [-0.05, 0) is 51.5 Å². The molecule has 33 heavy (non-hydrogen) atoms. The number of nitro benzene ring substituents is 1. The van der Waals surface area contributed by atoms with Crippen molar-refractivity contribution in [3.63, 3.8) is 0 Å². The fourth-order valence-corrected chi connectivity index (χ4v) is 3.17. The Morgan fingerprint density at radius 1 is 1.09 bits per heavy atom. The first-order valence-corrected chi connectivity index (χ1v) is 11.0. The molecule has 1 amide bonds. The van der Waals surface area contributed by atoms with E-state index in [1.54, 1.807) is 12.1 Å². The number of nitrogens with one attached hydrogen (secondary N) is 3. The molecule has 9 nitrogen and oxygen atoms in total. The van der Waals surface area contributed by atoms with Gasteiger partial charge in [0.05, 0.1) is 22.2 Å². The van der Waals surface area contributed by atoms with Crippen molar-refractivity contribution in [3.8, 4) is 11.5 Å². The van der Waals surface area contributed by atoms with Crippen molar-refractivity contribution in [2.75, 3.05) is 31.6 Å². The van der Waals surface area contributed by atoms with E-state index in [2.05, 4.69) is 16.0 Å². The predicted octanol–water partition coefficient (Wildman–Crippen LogP) is 4.14. The van der Waals surface area contributed by atoms with Crippen molar-refractivity contribution in [2.24, 2.45) is 0 Å². The van der Waals surface area contributed by atoms with Gasteiger partial charge in [-0.25, -0.2) is 0 Å². The van der Waals surface area contributed by atoms with Crippen LogP contribution in [0.1, 0.15) is 33.3 Å². The largest absolute Gasteiger partial charge is 0.490 e. The normalized spacial score (nSPS) is 11.1. The molecule has 3 N–H and O–H groups in total. The van der Waals surface area contributed by atoms with E-state index in [0.29, 0.717) is 48.5 Å². The summed E-state index contributed by atoms with van der Waals surface area (Å²) in [6, 6.07) is 9.91. The molecule has 0 spiro atoms. The van der Waals surface area contributed by atoms with Crippen molar-refractivity contribution in [3.05, 3.63) is 57.1 Å². The van der Waals surface area contributed by atoms with Gasteiger partial charge in [0.15, 0.2) is 18.1 Å². The number of hydrogen-bond acceptors (Lipinski definition) is 7. The fourth-order valence-electron chi connectivity index (χ4n) is 2.93. The number of hydrogen-bond donors (Lipinski definition) is 3. The van der Waals surface area contributed by atoms with Crippen molar-refractivity contribution >= 4 is 28.9 Å². The summed E-state index contributed by atoms with van der Waals surface area (Å²) in [5.74, 6) is 0.895. The maximum atomic E-state index is 12.0. The molecule has 2 aromatic rings. The second kappa shape index (κ2) is 12.3. The Morgan fingerprint density at radius 3 is 2.48 bits per heavy atom. The summed E-state index contributed by atoms with van der Waals surface area (Å²) in [5.41, 5.74) is 1.27. The molecule has 0 aliphatic carbocycles. The van der Waals surface area contributed by atoms with Crippen LogP contribution in [0, 0.1) is 10.1 Å². The molecule has 0 aromatic heterocycles. The molecule has 0 bridgehead atoms. The zero-order chi connectivity index (χ0) is 24.4. The van der Waals surface area contributed by atoms with E-state index in [9.17, 15) is 14.9 Å². The lowest BCUT2D eigenvalue weighted by Gasteiger charge is -2.21. The monoisotopic (exact) mass is 478 g/mol. The summed E-state index contributed by atoms with van der Waals surface area (Å²) in [4.78, 5) is 22.3. The number of anilines is 1. The van der Waals surface area contributed by atoms with E-state index in [1.165, 1.54) is 12.1 Å². The molecule has 0 heterocycles. The maximum absolute atomic E-state index is 12.0. The molecule has 0 aliphatic rings. The number of non-ortho nitro benzene ring substituents is 1. The van der Waals surface area contributed by atoms with Gasteiger partial charge in [-0.1, -0.05) is 17.7 Å². The number of amides is 1. The SMILES string of the molecule is CCOc1cc(CNCCNc2ccc([N+](=O)[O-])cc2Cl)ccc1OCC(=O)NC(C)(C)C. The van der Waals surface area contributed by atoms with Gasteiger partial charge in [-0.15, -0.1) is 0 Å². The standard InChI is InChI=1S/C23H31ClN4O5/c1-5-32-21-12-16(6-9-20(21)33-15-22(29)27-23(2,3)4)14-25-10-11-26-19-8-7-17(28(30)31)13-18(19)24/h6-9,12-13,25-26H,5,10-11,14-15H2,1-4H3,(H,27,29). The van der Waals surface area contributed by atoms with Crippen LogP contribution < -0.4 is 25.4 Å². The second-order valence-corrected chi connectivity index (χ2v) is 8.73. The van der Waals surface area contributed by atoms with Crippen LogP contribution >= 0.6 is 11.6 Å². The van der Waals surface area contributed by atoms with Crippen molar-refractivity contribution in [1.29, 1.82) is 0 Å². The third-order valence-corrected chi connectivity index (χ3v) is 4.60. The van der Waals surface area contributed by atoms with E-state index in [-0.39, 0.29) is 23.7 Å². The minimum Gasteiger partial charge on any atom is -0.490 e. The lowest BCUT2D eigenvalue weighted by molar-refractivity contribution is -0.384. The van der Waals surface area contributed by atoms with E-state index < -0.39 is 4.92 Å². The number of benzene rings is 2.